The zero-order chi connectivity index (χ0) is 22.8. The van der Waals surface area contributed by atoms with Gasteiger partial charge in [-0.2, -0.15) is 13.2 Å². The van der Waals surface area contributed by atoms with Crippen molar-refractivity contribution in [3.63, 3.8) is 0 Å². The molecule has 0 unspecified atom stereocenters. The third kappa shape index (κ3) is 4.91. The number of aromatic nitrogens is 1. The molecular weight excluding hydrogens is 433 g/mol. The van der Waals surface area contributed by atoms with Crippen LogP contribution in [0.3, 0.4) is 0 Å². The molecule has 0 saturated carbocycles. The van der Waals surface area contributed by atoms with E-state index in [4.69, 9.17) is 9.90 Å². The zero-order valence-corrected chi connectivity index (χ0v) is 17.4. The van der Waals surface area contributed by atoms with Gasteiger partial charge >= 0.3 is 12.1 Å². The Bertz CT molecular complexity index is 1180. The lowest BCUT2D eigenvalue weighted by Crippen LogP contribution is -2.36. The summed E-state index contributed by atoms with van der Waals surface area (Å²) >= 11 is 0. The third-order valence-corrected chi connectivity index (χ3v) is 6.77. The highest BCUT2D eigenvalue weighted by molar-refractivity contribution is 7.90. The summed E-state index contributed by atoms with van der Waals surface area (Å²) < 4.78 is 59.4. The molecule has 1 fully saturated rings. The van der Waals surface area contributed by atoms with Gasteiger partial charge in [0.2, 0.25) is 0 Å². The Morgan fingerprint density at radius 2 is 1.68 bits per heavy atom. The first-order chi connectivity index (χ1) is 14.5. The molecule has 2 heterocycles. The van der Waals surface area contributed by atoms with E-state index in [2.05, 4.69) is 11.0 Å². The smallest absolute Gasteiger partial charge is 0.475 e. The Kier molecular flexibility index (Phi) is 6.42. The standard InChI is InChI=1S/C19H20N2O2S.C2HF3O2/c1-15-13-18-16(14-20-11-6-12-20)7-5-10-19(18)21(15)24(22,23)17-8-3-2-4-9-17;3-2(4,5)1(6)7/h2-5,7-10,13H,6,11-12,14H2,1H3;(H,6,7). The molecule has 31 heavy (non-hydrogen) atoms. The van der Waals surface area contributed by atoms with Crippen molar-refractivity contribution in [2.75, 3.05) is 13.1 Å². The first-order valence-corrected chi connectivity index (χ1v) is 10.9. The monoisotopic (exact) mass is 454 g/mol. The molecule has 4 rings (SSSR count). The van der Waals surface area contributed by atoms with Crippen LogP contribution in [0.1, 0.15) is 17.7 Å². The third-order valence-electron chi connectivity index (χ3n) is 4.93. The molecule has 1 aliphatic heterocycles. The highest BCUT2D eigenvalue weighted by Crippen LogP contribution is 2.29. The number of alkyl halides is 3. The van der Waals surface area contributed by atoms with Gasteiger partial charge in [0.25, 0.3) is 10.0 Å². The van der Waals surface area contributed by atoms with Crippen LogP contribution >= 0.6 is 0 Å². The molecule has 6 nitrogen and oxygen atoms in total. The van der Waals surface area contributed by atoms with Gasteiger partial charge in [0.05, 0.1) is 10.4 Å². The molecule has 0 aliphatic carbocycles. The number of likely N-dealkylation sites (tertiary alicyclic amines) is 1. The summed E-state index contributed by atoms with van der Waals surface area (Å²) in [4.78, 5) is 11.6. The second kappa shape index (κ2) is 8.72. The van der Waals surface area contributed by atoms with E-state index in [0.717, 1.165) is 36.2 Å². The molecule has 1 N–H and O–H groups in total. The summed E-state index contributed by atoms with van der Waals surface area (Å²) in [6.45, 7) is 4.98. The van der Waals surface area contributed by atoms with Crippen molar-refractivity contribution in [3.05, 3.63) is 65.9 Å². The molecule has 166 valence electrons. The number of fused-ring (bicyclic) bond motifs is 1. The van der Waals surface area contributed by atoms with E-state index >= 15 is 0 Å². The Balaban J connectivity index is 0.000000339. The van der Waals surface area contributed by atoms with Crippen molar-refractivity contribution in [2.45, 2.75) is 31.0 Å². The van der Waals surface area contributed by atoms with E-state index in [-0.39, 0.29) is 0 Å². The summed E-state index contributed by atoms with van der Waals surface area (Å²) in [6.07, 6.45) is -3.83. The maximum Gasteiger partial charge on any atom is 0.490 e. The van der Waals surface area contributed by atoms with E-state index in [1.54, 1.807) is 24.3 Å². The highest BCUT2D eigenvalue weighted by Gasteiger charge is 2.38. The van der Waals surface area contributed by atoms with E-state index < -0.39 is 22.2 Å². The Hall–Kier alpha value is -2.85. The van der Waals surface area contributed by atoms with E-state index in [1.165, 1.54) is 16.0 Å². The van der Waals surface area contributed by atoms with Gasteiger partial charge in [-0.25, -0.2) is 17.2 Å². The second-order valence-corrected chi connectivity index (χ2v) is 8.94. The van der Waals surface area contributed by atoms with Crippen LogP contribution in [0, 0.1) is 6.92 Å². The summed E-state index contributed by atoms with van der Waals surface area (Å²) in [5.41, 5.74) is 2.69. The minimum absolute atomic E-state index is 0.318. The maximum atomic E-state index is 13.1. The summed E-state index contributed by atoms with van der Waals surface area (Å²) in [7, 11) is -3.59. The van der Waals surface area contributed by atoms with E-state index in [1.807, 2.05) is 31.2 Å². The minimum Gasteiger partial charge on any atom is -0.475 e. The fourth-order valence-corrected chi connectivity index (χ4v) is 4.90. The van der Waals surface area contributed by atoms with Gasteiger partial charge in [0.15, 0.2) is 0 Å². The van der Waals surface area contributed by atoms with Crippen molar-refractivity contribution in [1.82, 2.24) is 8.87 Å². The zero-order valence-electron chi connectivity index (χ0n) is 16.6. The predicted molar refractivity (Wildman–Crippen MR) is 109 cm³/mol. The van der Waals surface area contributed by atoms with Crippen molar-refractivity contribution < 1.29 is 31.5 Å². The fraction of sp³-hybridized carbons (Fsp3) is 0.286. The molecule has 0 spiro atoms. The van der Waals surface area contributed by atoms with Gasteiger partial charge in [-0.05, 0) is 56.3 Å². The van der Waals surface area contributed by atoms with Crippen LogP contribution in [0.25, 0.3) is 10.9 Å². The average molecular weight is 454 g/mol. The molecule has 1 aliphatic rings. The van der Waals surface area contributed by atoms with Gasteiger partial charge in [0, 0.05) is 17.6 Å². The first-order valence-electron chi connectivity index (χ1n) is 9.45. The number of rotatable bonds is 4. The molecular formula is C21H21F3N2O4S. The first kappa shape index (κ1) is 22.8. The summed E-state index contributed by atoms with van der Waals surface area (Å²) in [5, 5.41) is 8.15. The number of carboxylic acids is 1. The number of hydrogen-bond donors (Lipinski definition) is 1. The minimum atomic E-state index is -5.08. The van der Waals surface area contributed by atoms with Crippen molar-refractivity contribution in [3.8, 4) is 0 Å². The van der Waals surface area contributed by atoms with Crippen molar-refractivity contribution in [1.29, 1.82) is 0 Å². The molecule has 10 heteroatoms. The SMILES string of the molecule is Cc1cc2c(CN3CCC3)cccc2n1S(=O)(=O)c1ccccc1.O=C(O)C(F)(F)F. The molecule has 1 aromatic heterocycles. The number of carboxylic acid groups (broad SMARTS) is 1. The number of nitrogens with zero attached hydrogens (tertiary/aromatic N) is 2. The van der Waals surface area contributed by atoms with Crippen LogP contribution in [0.4, 0.5) is 13.2 Å². The maximum absolute atomic E-state index is 13.1. The van der Waals surface area contributed by atoms with Gasteiger partial charge < -0.3 is 5.11 Å². The molecule has 0 radical (unpaired) electrons. The van der Waals surface area contributed by atoms with E-state index in [9.17, 15) is 21.6 Å². The molecule has 2 aromatic carbocycles. The quantitative estimate of drug-likeness (QED) is 0.644. The Morgan fingerprint density at radius 3 is 2.19 bits per heavy atom. The number of hydrogen-bond acceptors (Lipinski definition) is 4. The van der Waals surface area contributed by atoms with Crippen LogP contribution in [0.5, 0.6) is 0 Å². The number of aliphatic carboxylic acids is 1. The number of halogens is 3. The van der Waals surface area contributed by atoms with Crippen LogP contribution in [0.15, 0.2) is 59.5 Å². The Morgan fingerprint density at radius 1 is 1.06 bits per heavy atom. The van der Waals surface area contributed by atoms with E-state index in [0.29, 0.717) is 4.90 Å². The molecule has 0 bridgehead atoms. The lowest BCUT2D eigenvalue weighted by Gasteiger charge is -2.30. The van der Waals surface area contributed by atoms with Gasteiger partial charge in [-0.1, -0.05) is 30.3 Å². The lowest BCUT2D eigenvalue weighted by atomic mass is 10.1. The molecule has 0 amide bonds. The number of carbonyl (C=O) groups is 1. The second-order valence-electron chi connectivity index (χ2n) is 7.15. The molecule has 3 aromatic rings. The van der Waals surface area contributed by atoms with Crippen molar-refractivity contribution in [2.24, 2.45) is 0 Å². The van der Waals surface area contributed by atoms with Crippen LogP contribution in [0.2, 0.25) is 0 Å². The van der Waals surface area contributed by atoms with Crippen LogP contribution in [-0.2, 0) is 21.4 Å². The topological polar surface area (TPSA) is 79.6 Å². The summed E-state index contributed by atoms with van der Waals surface area (Å²) in [6, 6.07) is 16.5. The molecule has 1 saturated heterocycles. The number of benzene rings is 2. The normalized spacial score (nSPS) is 14.6. The summed E-state index contributed by atoms with van der Waals surface area (Å²) in [5.74, 6) is -2.76. The van der Waals surface area contributed by atoms with Crippen LogP contribution < -0.4 is 0 Å². The van der Waals surface area contributed by atoms with Crippen molar-refractivity contribution >= 4 is 26.9 Å². The fourth-order valence-electron chi connectivity index (χ4n) is 3.34. The predicted octanol–water partition coefficient (Wildman–Crippen LogP) is 4.03. The number of aryl methyl sites for hydroxylation is 1. The molecule has 0 atom stereocenters. The largest absolute Gasteiger partial charge is 0.490 e. The average Bonchev–Trinajstić information content (AvgIpc) is 3.02. The van der Waals surface area contributed by atoms with Crippen LogP contribution in [-0.4, -0.2) is 47.6 Å². The van der Waals surface area contributed by atoms with Gasteiger partial charge in [-0.15, -0.1) is 0 Å². The lowest BCUT2D eigenvalue weighted by molar-refractivity contribution is -0.192. The van der Waals surface area contributed by atoms with Gasteiger partial charge in [-0.3, -0.25) is 4.90 Å². The highest BCUT2D eigenvalue weighted by atomic mass is 32.2. The van der Waals surface area contributed by atoms with Gasteiger partial charge in [0.1, 0.15) is 0 Å². The Labute approximate surface area is 177 Å².